The SMILES string of the molecule is Nc1ccc(C(=O)OC(CS(=O)(=O)O)C(F)(F)F)cc1. The van der Waals surface area contributed by atoms with E-state index in [0.29, 0.717) is 0 Å². The van der Waals surface area contributed by atoms with E-state index in [4.69, 9.17) is 10.3 Å². The fraction of sp³-hybridized carbons (Fsp3) is 0.300. The number of carbonyl (C=O) groups is 1. The van der Waals surface area contributed by atoms with Gasteiger partial charge in [-0.15, -0.1) is 0 Å². The van der Waals surface area contributed by atoms with Crippen molar-refractivity contribution in [1.82, 2.24) is 0 Å². The van der Waals surface area contributed by atoms with Crippen molar-refractivity contribution < 1.29 is 35.7 Å². The smallest absolute Gasteiger partial charge is 0.426 e. The lowest BCUT2D eigenvalue weighted by Gasteiger charge is -2.19. The molecule has 1 unspecified atom stereocenters. The van der Waals surface area contributed by atoms with Crippen molar-refractivity contribution in [1.29, 1.82) is 0 Å². The lowest BCUT2D eigenvalue weighted by Crippen LogP contribution is -2.39. The summed E-state index contributed by atoms with van der Waals surface area (Å²) >= 11 is 0. The molecule has 1 aromatic carbocycles. The average molecular weight is 313 g/mol. The van der Waals surface area contributed by atoms with Gasteiger partial charge in [-0.1, -0.05) is 0 Å². The second kappa shape index (κ2) is 5.67. The Bertz CT molecular complexity index is 582. The van der Waals surface area contributed by atoms with Crippen molar-refractivity contribution in [3.63, 3.8) is 0 Å². The Hall–Kier alpha value is -1.81. The zero-order valence-electron chi connectivity index (χ0n) is 9.79. The molecule has 1 rings (SSSR count). The highest BCUT2D eigenvalue weighted by Crippen LogP contribution is 2.25. The van der Waals surface area contributed by atoms with E-state index in [2.05, 4.69) is 4.74 Å². The van der Waals surface area contributed by atoms with E-state index >= 15 is 0 Å². The number of nitrogens with two attached hydrogens (primary N) is 1. The number of rotatable bonds is 4. The first-order valence-corrected chi connectivity index (χ1v) is 6.68. The Balaban J connectivity index is 2.90. The molecule has 10 heteroatoms. The molecule has 0 fully saturated rings. The standard InChI is InChI=1S/C10H10F3NO5S/c11-10(12,13)8(5-20(16,17)18)19-9(15)6-1-3-7(14)4-2-6/h1-4,8H,5,14H2,(H,16,17,18). The Morgan fingerprint density at radius 3 is 2.20 bits per heavy atom. The van der Waals surface area contributed by atoms with Gasteiger partial charge in [0, 0.05) is 5.69 Å². The van der Waals surface area contributed by atoms with Crippen LogP contribution in [0.25, 0.3) is 0 Å². The Labute approximate surface area is 112 Å². The molecule has 0 aromatic heterocycles. The van der Waals surface area contributed by atoms with Crippen LogP contribution < -0.4 is 5.73 Å². The maximum absolute atomic E-state index is 12.5. The molecule has 0 radical (unpaired) electrons. The minimum absolute atomic E-state index is 0.233. The number of ether oxygens (including phenoxy) is 1. The number of alkyl halides is 3. The van der Waals surface area contributed by atoms with Crippen LogP contribution in [-0.2, 0) is 14.9 Å². The number of nitrogen functional groups attached to an aromatic ring is 1. The number of anilines is 1. The van der Waals surface area contributed by atoms with Gasteiger partial charge in [0.15, 0.2) is 0 Å². The topological polar surface area (TPSA) is 107 Å². The van der Waals surface area contributed by atoms with Crippen molar-refractivity contribution in [3.05, 3.63) is 29.8 Å². The van der Waals surface area contributed by atoms with E-state index in [-0.39, 0.29) is 11.3 Å². The largest absolute Gasteiger partial charge is 0.448 e. The van der Waals surface area contributed by atoms with Gasteiger partial charge in [-0.25, -0.2) is 4.79 Å². The molecule has 0 bridgehead atoms. The summed E-state index contributed by atoms with van der Waals surface area (Å²) in [5.41, 5.74) is 5.39. The predicted molar refractivity (Wildman–Crippen MR) is 62.5 cm³/mol. The number of hydrogen-bond donors (Lipinski definition) is 2. The first-order valence-electron chi connectivity index (χ1n) is 5.07. The fourth-order valence-corrected chi connectivity index (χ4v) is 1.84. The molecule has 0 heterocycles. The van der Waals surface area contributed by atoms with E-state index in [1.54, 1.807) is 0 Å². The van der Waals surface area contributed by atoms with Gasteiger partial charge in [0.05, 0.1) is 5.56 Å². The van der Waals surface area contributed by atoms with E-state index in [1.165, 1.54) is 12.1 Å². The van der Waals surface area contributed by atoms with E-state index in [1.807, 2.05) is 0 Å². The van der Waals surface area contributed by atoms with Crippen LogP contribution in [-0.4, -0.2) is 37.0 Å². The highest BCUT2D eigenvalue weighted by Gasteiger charge is 2.45. The van der Waals surface area contributed by atoms with Crippen LogP contribution in [0.15, 0.2) is 24.3 Å². The minimum atomic E-state index is -5.13. The fourth-order valence-electron chi connectivity index (χ4n) is 1.20. The highest BCUT2D eigenvalue weighted by molar-refractivity contribution is 7.85. The van der Waals surface area contributed by atoms with Gasteiger partial charge < -0.3 is 10.5 Å². The molecule has 112 valence electrons. The molecule has 0 aliphatic rings. The molecule has 1 atom stereocenters. The van der Waals surface area contributed by atoms with Gasteiger partial charge in [-0.2, -0.15) is 21.6 Å². The van der Waals surface area contributed by atoms with Crippen LogP contribution in [0.2, 0.25) is 0 Å². The number of carbonyl (C=O) groups excluding carboxylic acids is 1. The van der Waals surface area contributed by atoms with Gasteiger partial charge in [-0.05, 0) is 24.3 Å². The first kappa shape index (κ1) is 16.2. The van der Waals surface area contributed by atoms with Crippen LogP contribution in [0.1, 0.15) is 10.4 Å². The minimum Gasteiger partial charge on any atom is -0.448 e. The molecule has 0 saturated carbocycles. The van der Waals surface area contributed by atoms with Gasteiger partial charge in [0.1, 0.15) is 5.75 Å². The van der Waals surface area contributed by atoms with Gasteiger partial charge >= 0.3 is 12.1 Å². The summed E-state index contributed by atoms with van der Waals surface area (Å²) < 4.78 is 71.1. The van der Waals surface area contributed by atoms with Gasteiger partial charge in [0.2, 0.25) is 6.10 Å². The Kier molecular flexibility index (Phi) is 4.61. The second-order valence-electron chi connectivity index (χ2n) is 3.81. The molecule has 0 spiro atoms. The lowest BCUT2D eigenvalue weighted by molar-refractivity contribution is -0.197. The third-order valence-corrected chi connectivity index (χ3v) is 2.85. The number of esters is 1. The van der Waals surface area contributed by atoms with Crippen LogP contribution in [0.5, 0.6) is 0 Å². The molecular weight excluding hydrogens is 303 g/mol. The molecule has 0 aliphatic heterocycles. The van der Waals surface area contributed by atoms with E-state index in [0.717, 1.165) is 12.1 Å². The van der Waals surface area contributed by atoms with Gasteiger partial charge in [-0.3, -0.25) is 4.55 Å². The summed E-state index contributed by atoms with van der Waals surface area (Å²) in [5.74, 6) is -3.15. The number of hydrogen-bond acceptors (Lipinski definition) is 5. The number of benzene rings is 1. The summed E-state index contributed by atoms with van der Waals surface area (Å²) in [7, 11) is -4.96. The Morgan fingerprint density at radius 1 is 1.30 bits per heavy atom. The number of halogens is 3. The molecule has 0 aliphatic carbocycles. The van der Waals surface area contributed by atoms with Crippen molar-refractivity contribution in [2.24, 2.45) is 0 Å². The molecule has 20 heavy (non-hydrogen) atoms. The molecule has 6 nitrogen and oxygen atoms in total. The molecular formula is C10H10F3NO5S. The Morgan fingerprint density at radius 2 is 1.80 bits per heavy atom. The maximum atomic E-state index is 12.5. The summed E-state index contributed by atoms with van der Waals surface area (Å²) in [6.45, 7) is 0. The normalized spacial score (nSPS) is 13.8. The van der Waals surface area contributed by atoms with Crippen LogP contribution in [0.3, 0.4) is 0 Å². The molecule has 3 N–H and O–H groups in total. The highest BCUT2D eigenvalue weighted by atomic mass is 32.2. The van der Waals surface area contributed by atoms with E-state index in [9.17, 15) is 26.4 Å². The van der Waals surface area contributed by atoms with Crippen LogP contribution in [0.4, 0.5) is 18.9 Å². The van der Waals surface area contributed by atoms with Crippen molar-refractivity contribution >= 4 is 21.8 Å². The maximum Gasteiger partial charge on any atom is 0.426 e. The molecule has 1 aromatic rings. The van der Waals surface area contributed by atoms with Crippen molar-refractivity contribution in [2.45, 2.75) is 12.3 Å². The molecule has 0 amide bonds. The third-order valence-electron chi connectivity index (χ3n) is 2.12. The quantitative estimate of drug-likeness (QED) is 0.492. The van der Waals surface area contributed by atoms with E-state index < -0.39 is 34.1 Å². The van der Waals surface area contributed by atoms with Gasteiger partial charge in [0.25, 0.3) is 10.1 Å². The molecule has 0 saturated heterocycles. The zero-order valence-corrected chi connectivity index (χ0v) is 10.6. The summed E-state index contributed by atoms with van der Waals surface area (Å²) in [4.78, 5) is 11.5. The lowest BCUT2D eigenvalue weighted by atomic mass is 10.2. The second-order valence-corrected chi connectivity index (χ2v) is 5.30. The monoisotopic (exact) mass is 313 g/mol. The third kappa shape index (κ3) is 5.05. The summed E-state index contributed by atoms with van der Waals surface area (Å²) in [6.07, 6.45) is -8.08. The predicted octanol–water partition coefficient (Wildman–Crippen LogP) is 1.24. The zero-order chi connectivity index (χ0) is 15.6. The summed E-state index contributed by atoms with van der Waals surface area (Å²) in [6, 6.07) is 4.78. The van der Waals surface area contributed by atoms with Crippen LogP contribution in [0, 0.1) is 0 Å². The van der Waals surface area contributed by atoms with Crippen molar-refractivity contribution in [2.75, 3.05) is 11.5 Å². The first-order chi connectivity index (χ1) is 8.99. The van der Waals surface area contributed by atoms with Crippen molar-refractivity contribution in [3.8, 4) is 0 Å². The average Bonchev–Trinajstić information content (AvgIpc) is 2.25. The van der Waals surface area contributed by atoms with Crippen LogP contribution >= 0.6 is 0 Å². The summed E-state index contributed by atoms with van der Waals surface area (Å²) in [5, 5.41) is 0.